The van der Waals surface area contributed by atoms with Gasteiger partial charge in [-0.2, -0.15) is 18.3 Å². The minimum atomic E-state index is -4.53. The summed E-state index contributed by atoms with van der Waals surface area (Å²) in [5.74, 6) is 0.452. The summed E-state index contributed by atoms with van der Waals surface area (Å²) in [4.78, 5) is 4.10. The van der Waals surface area contributed by atoms with Gasteiger partial charge in [0.1, 0.15) is 12.2 Å². The molecule has 10 heteroatoms. The lowest BCUT2D eigenvalue weighted by Gasteiger charge is -2.03. The van der Waals surface area contributed by atoms with Crippen molar-refractivity contribution < 1.29 is 17.6 Å². The van der Waals surface area contributed by atoms with Crippen LogP contribution >= 0.6 is 15.9 Å². The van der Waals surface area contributed by atoms with Crippen molar-refractivity contribution in [1.82, 2.24) is 25.0 Å². The Morgan fingerprint density at radius 3 is 2.68 bits per heavy atom. The van der Waals surface area contributed by atoms with Gasteiger partial charge in [-0.05, 0) is 40.9 Å². The standard InChI is InChI=1S/C15H11BrF3N5O/c16-11-12(8-4-5-8)24(23-13(11)15(17,18)19)7-10-21-22-14(25-10)9-3-1-2-6-20-9/h1-3,6,8H,4-5,7H2. The first-order chi connectivity index (χ1) is 11.9. The second-order valence-corrected chi connectivity index (χ2v) is 6.49. The van der Waals surface area contributed by atoms with E-state index in [1.807, 2.05) is 0 Å². The Bertz CT molecular complexity index is 902. The Balaban J connectivity index is 1.66. The lowest BCUT2D eigenvalue weighted by Crippen LogP contribution is -2.10. The average Bonchev–Trinajstić information content (AvgIpc) is 3.19. The molecule has 0 N–H and O–H groups in total. The first-order valence-electron chi connectivity index (χ1n) is 7.50. The van der Waals surface area contributed by atoms with Crippen LogP contribution in [0, 0.1) is 0 Å². The monoisotopic (exact) mass is 413 g/mol. The number of nitrogens with zero attached hydrogens (tertiary/aromatic N) is 5. The number of aromatic nitrogens is 5. The van der Waals surface area contributed by atoms with Gasteiger partial charge < -0.3 is 4.42 Å². The minimum absolute atomic E-state index is 0.00744. The number of rotatable bonds is 4. The van der Waals surface area contributed by atoms with Gasteiger partial charge in [0.05, 0.1) is 10.2 Å². The molecular weight excluding hydrogens is 403 g/mol. The molecule has 25 heavy (non-hydrogen) atoms. The van der Waals surface area contributed by atoms with Crippen LogP contribution in [0.5, 0.6) is 0 Å². The molecule has 130 valence electrons. The molecule has 1 saturated carbocycles. The van der Waals surface area contributed by atoms with Crippen LogP contribution in [0.25, 0.3) is 11.6 Å². The highest BCUT2D eigenvalue weighted by atomic mass is 79.9. The predicted molar refractivity (Wildman–Crippen MR) is 83.5 cm³/mol. The minimum Gasteiger partial charge on any atom is -0.417 e. The van der Waals surface area contributed by atoms with E-state index in [2.05, 4.69) is 36.2 Å². The second-order valence-electron chi connectivity index (χ2n) is 5.69. The SMILES string of the molecule is FC(F)(F)c1nn(Cc2nnc(-c3ccccn3)o2)c(C2CC2)c1Br. The Hall–Kier alpha value is -2.23. The highest BCUT2D eigenvalue weighted by Gasteiger charge is 2.41. The van der Waals surface area contributed by atoms with E-state index in [0.717, 1.165) is 12.8 Å². The van der Waals surface area contributed by atoms with Gasteiger partial charge in [-0.15, -0.1) is 10.2 Å². The molecule has 1 aliphatic carbocycles. The van der Waals surface area contributed by atoms with E-state index in [4.69, 9.17) is 4.42 Å². The molecule has 4 rings (SSSR count). The predicted octanol–water partition coefficient (Wildman–Crippen LogP) is 4.04. The van der Waals surface area contributed by atoms with Gasteiger partial charge in [0.25, 0.3) is 5.89 Å². The van der Waals surface area contributed by atoms with Crippen LogP contribution in [0.2, 0.25) is 0 Å². The first kappa shape index (κ1) is 16.2. The van der Waals surface area contributed by atoms with E-state index < -0.39 is 11.9 Å². The van der Waals surface area contributed by atoms with Crippen molar-refractivity contribution in [2.75, 3.05) is 0 Å². The van der Waals surface area contributed by atoms with Gasteiger partial charge in [0, 0.05) is 12.1 Å². The van der Waals surface area contributed by atoms with Crippen molar-refractivity contribution in [2.45, 2.75) is 31.5 Å². The summed E-state index contributed by atoms with van der Waals surface area (Å²) >= 11 is 3.05. The first-order valence-corrected chi connectivity index (χ1v) is 8.30. The third-order valence-electron chi connectivity index (χ3n) is 3.80. The maximum atomic E-state index is 13.1. The third kappa shape index (κ3) is 3.17. The van der Waals surface area contributed by atoms with E-state index in [9.17, 15) is 13.2 Å². The van der Waals surface area contributed by atoms with Gasteiger partial charge in [0.2, 0.25) is 5.89 Å². The summed E-state index contributed by atoms with van der Waals surface area (Å²) in [6, 6.07) is 5.24. The van der Waals surface area contributed by atoms with E-state index in [-0.39, 0.29) is 28.7 Å². The number of hydrogen-bond donors (Lipinski definition) is 0. The fraction of sp³-hybridized carbons (Fsp3) is 0.333. The Morgan fingerprint density at radius 1 is 1.24 bits per heavy atom. The summed E-state index contributed by atoms with van der Waals surface area (Å²) in [7, 11) is 0. The number of pyridine rings is 1. The number of alkyl halides is 3. The zero-order valence-electron chi connectivity index (χ0n) is 12.7. The van der Waals surface area contributed by atoms with Crippen LogP contribution in [0.15, 0.2) is 33.3 Å². The number of halogens is 4. The molecule has 0 spiro atoms. The molecule has 3 aromatic rings. The molecule has 0 amide bonds. The fourth-order valence-corrected chi connectivity index (χ4v) is 3.37. The molecule has 0 atom stereocenters. The van der Waals surface area contributed by atoms with Crippen molar-refractivity contribution in [3.05, 3.63) is 46.1 Å². The van der Waals surface area contributed by atoms with Crippen molar-refractivity contribution in [3.63, 3.8) is 0 Å². The van der Waals surface area contributed by atoms with Crippen LogP contribution in [-0.4, -0.2) is 25.0 Å². The van der Waals surface area contributed by atoms with Crippen LogP contribution < -0.4 is 0 Å². The molecule has 0 aromatic carbocycles. The molecule has 0 unspecified atom stereocenters. The summed E-state index contributed by atoms with van der Waals surface area (Å²) < 4.78 is 46.2. The van der Waals surface area contributed by atoms with Crippen molar-refractivity contribution in [2.24, 2.45) is 0 Å². The summed E-state index contributed by atoms with van der Waals surface area (Å²) in [6.07, 6.45) is -1.26. The smallest absolute Gasteiger partial charge is 0.417 e. The maximum absolute atomic E-state index is 13.1. The summed E-state index contributed by atoms with van der Waals surface area (Å²) in [5, 5.41) is 11.5. The summed E-state index contributed by atoms with van der Waals surface area (Å²) in [5.41, 5.74) is 0.0880. The second kappa shape index (κ2) is 5.94. The van der Waals surface area contributed by atoms with E-state index in [0.29, 0.717) is 11.4 Å². The lowest BCUT2D eigenvalue weighted by molar-refractivity contribution is -0.142. The Morgan fingerprint density at radius 2 is 2.04 bits per heavy atom. The molecule has 3 heterocycles. The van der Waals surface area contributed by atoms with Gasteiger partial charge >= 0.3 is 6.18 Å². The molecule has 1 fully saturated rings. The van der Waals surface area contributed by atoms with E-state index in [1.54, 1.807) is 24.4 Å². The molecule has 0 aliphatic heterocycles. The Kier molecular flexibility index (Phi) is 3.86. The van der Waals surface area contributed by atoms with Gasteiger partial charge in [-0.1, -0.05) is 6.07 Å². The topological polar surface area (TPSA) is 69.6 Å². The third-order valence-corrected chi connectivity index (χ3v) is 4.58. The van der Waals surface area contributed by atoms with Gasteiger partial charge in [-0.25, -0.2) is 0 Å². The van der Waals surface area contributed by atoms with Crippen molar-refractivity contribution in [3.8, 4) is 11.6 Å². The molecule has 0 saturated heterocycles. The average molecular weight is 414 g/mol. The van der Waals surface area contributed by atoms with Crippen LogP contribution in [0.3, 0.4) is 0 Å². The highest BCUT2D eigenvalue weighted by Crippen LogP contribution is 2.47. The number of hydrogen-bond acceptors (Lipinski definition) is 5. The molecular formula is C15H11BrF3N5O. The van der Waals surface area contributed by atoms with Crippen LogP contribution in [0.1, 0.15) is 36.0 Å². The lowest BCUT2D eigenvalue weighted by atomic mass is 10.2. The van der Waals surface area contributed by atoms with Crippen molar-refractivity contribution >= 4 is 15.9 Å². The van der Waals surface area contributed by atoms with Gasteiger partial charge in [-0.3, -0.25) is 9.67 Å². The molecule has 1 aliphatic rings. The van der Waals surface area contributed by atoms with Crippen LogP contribution in [-0.2, 0) is 12.7 Å². The molecule has 6 nitrogen and oxygen atoms in total. The highest BCUT2D eigenvalue weighted by molar-refractivity contribution is 9.10. The molecule has 0 bridgehead atoms. The molecule has 0 radical (unpaired) electrons. The van der Waals surface area contributed by atoms with E-state index >= 15 is 0 Å². The zero-order valence-corrected chi connectivity index (χ0v) is 14.3. The quantitative estimate of drug-likeness (QED) is 0.645. The van der Waals surface area contributed by atoms with Gasteiger partial charge in [0.15, 0.2) is 5.69 Å². The largest absolute Gasteiger partial charge is 0.436 e. The zero-order chi connectivity index (χ0) is 17.6. The summed E-state index contributed by atoms with van der Waals surface area (Å²) in [6.45, 7) is -0.0274. The maximum Gasteiger partial charge on any atom is 0.436 e. The van der Waals surface area contributed by atoms with E-state index in [1.165, 1.54) is 4.68 Å². The Labute approximate surface area is 148 Å². The normalized spacial score (nSPS) is 14.9. The van der Waals surface area contributed by atoms with Crippen molar-refractivity contribution in [1.29, 1.82) is 0 Å². The van der Waals surface area contributed by atoms with Crippen LogP contribution in [0.4, 0.5) is 13.2 Å². The fourth-order valence-electron chi connectivity index (χ4n) is 2.54. The molecule has 3 aromatic heterocycles.